The summed E-state index contributed by atoms with van der Waals surface area (Å²) in [4.78, 5) is 0. The van der Waals surface area contributed by atoms with Gasteiger partial charge in [-0.1, -0.05) is 5.92 Å². The molecule has 0 saturated carbocycles. The third-order valence-corrected chi connectivity index (χ3v) is 1.34. The lowest BCUT2D eigenvalue weighted by molar-refractivity contribution is 0.520. The van der Waals surface area contributed by atoms with Crippen molar-refractivity contribution in [3.05, 3.63) is 23.8 Å². The summed E-state index contributed by atoms with van der Waals surface area (Å²) in [6.07, 6.45) is 7.68. The predicted molar refractivity (Wildman–Crippen MR) is 35.3 cm³/mol. The zero-order valence-corrected chi connectivity index (χ0v) is 5.27. The molecule has 0 bridgehead atoms. The Labute approximate surface area is 58.2 Å². The van der Waals surface area contributed by atoms with Gasteiger partial charge in [-0.15, -0.1) is 6.42 Å². The van der Waals surface area contributed by atoms with Gasteiger partial charge in [0.05, 0.1) is 0 Å². The van der Waals surface area contributed by atoms with Gasteiger partial charge >= 0.3 is 0 Å². The monoisotopic (exact) mass is 140 g/mol. The lowest BCUT2D eigenvalue weighted by Crippen LogP contribution is -1.97. The molecule has 1 aliphatic carbocycles. The summed E-state index contributed by atoms with van der Waals surface area (Å²) in [5.74, 6) is 0.411. The van der Waals surface area contributed by atoms with Crippen LogP contribution in [0.1, 0.15) is 6.42 Å². The van der Waals surface area contributed by atoms with Gasteiger partial charge in [-0.25, -0.2) is 8.78 Å². The maximum atomic E-state index is 12.3. The number of allylic oxidation sites excluding steroid dienone is 4. The predicted octanol–water partition coefficient (Wildman–Crippen LogP) is 2.35. The smallest absolute Gasteiger partial charge is 0.155 e. The van der Waals surface area contributed by atoms with E-state index in [0.29, 0.717) is 6.42 Å². The van der Waals surface area contributed by atoms with Crippen LogP contribution >= 0.6 is 0 Å². The first-order valence-electron chi connectivity index (χ1n) is 2.93. The number of halogens is 2. The fourth-order valence-electron chi connectivity index (χ4n) is 0.768. The Kier molecular flexibility index (Phi) is 1.86. The van der Waals surface area contributed by atoms with Gasteiger partial charge in [-0.2, -0.15) is 0 Å². The second kappa shape index (κ2) is 2.66. The molecule has 0 heterocycles. The van der Waals surface area contributed by atoms with Gasteiger partial charge in [0.25, 0.3) is 0 Å². The average Bonchev–Trinajstić information content (AvgIpc) is 1.95. The first-order valence-corrected chi connectivity index (χ1v) is 2.93. The maximum Gasteiger partial charge on any atom is 0.155 e. The first-order chi connectivity index (χ1) is 4.74. The minimum absolute atomic E-state index is 0.278. The summed E-state index contributed by atoms with van der Waals surface area (Å²) in [6, 6.07) is 0. The van der Waals surface area contributed by atoms with E-state index >= 15 is 0 Å². The largest absolute Gasteiger partial charge is 0.204 e. The van der Waals surface area contributed by atoms with Crippen molar-refractivity contribution >= 4 is 0 Å². The van der Waals surface area contributed by atoms with Gasteiger partial charge in [0.15, 0.2) is 11.7 Å². The molecule has 1 aliphatic rings. The molecular weight excluding hydrogens is 134 g/mol. The van der Waals surface area contributed by atoms with Crippen molar-refractivity contribution in [2.75, 3.05) is 0 Å². The van der Waals surface area contributed by atoms with Crippen LogP contribution in [0.3, 0.4) is 0 Å². The Morgan fingerprint density at radius 2 is 2.20 bits per heavy atom. The Bertz CT molecular complexity index is 230. The zero-order chi connectivity index (χ0) is 7.56. The van der Waals surface area contributed by atoms with Gasteiger partial charge < -0.3 is 0 Å². The second-order valence-electron chi connectivity index (χ2n) is 2.08. The van der Waals surface area contributed by atoms with Crippen LogP contribution in [-0.4, -0.2) is 0 Å². The molecule has 0 aliphatic heterocycles. The summed E-state index contributed by atoms with van der Waals surface area (Å²) < 4.78 is 24.6. The third-order valence-electron chi connectivity index (χ3n) is 1.34. The fraction of sp³-hybridized carbons (Fsp3) is 0.250. The zero-order valence-electron chi connectivity index (χ0n) is 5.27. The quantitative estimate of drug-likeness (QED) is 0.453. The maximum absolute atomic E-state index is 12.3. The van der Waals surface area contributed by atoms with E-state index in [1.807, 2.05) is 0 Å². The molecule has 0 aromatic rings. The van der Waals surface area contributed by atoms with Crippen LogP contribution in [0.2, 0.25) is 0 Å². The molecule has 1 rings (SSSR count). The summed E-state index contributed by atoms with van der Waals surface area (Å²) in [5, 5.41) is 0. The highest BCUT2D eigenvalue weighted by Gasteiger charge is 2.12. The Hall–Kier alpha value is -1.10. The highest BCUT2D eigenvalue weighted by molar-refractivity contribution is 5.27. The first kappa shape index (κ1) is 7.01. The molecular formula is C8H6F2. The molecule has 0 N–H and O–H groups in total. The summed E-state index contributed by atoms with van der Waals surface area (Å²) >= 11 is 0. The SMILES string of the molecule is C#CC1C=C(F)C(F)=CC1. The summed E-state index contributed by atoms with van der Waals surface area (Å²) in [5.41, 5.74) is 0. The van der Waals surface area contributed by atoms with E-state index in [9.17, 15) is 8.78 Å². The minimum atomic E-state index is -0.839. The molecule has 1 atom stereocenters. The molecule has 1 unspecified atom stereocenters. The molecule has 0 nitrogen and oxygen atoms in total. The Balaban J connectivity index is 2.78. The van der Waals surface area contributed by atoms with Crippen molar-refractivity contribution < 1.29 is 8.78 Å². The van der Waals surface area contributed by atoms with Crippen LogP contribution in [0.25, 0.3) is 0 Å². The molecule has 52 valence electrons. The highest BCUT2D eigenvalue weighted by Crippen LogP contribution is 2.23. The molecule has 0 radical (unpaired) electrons. The second-order valence-corrected chi connectivity index (χ2v) is 2.08. The number of hydrogen-bond acceptors (Lipinski definition) is 0. The van der Waals surface area contributed by atoms with Crippen LogP contribution in [0.4, 0.5) is 8.78 Å². The third kappa shape index (κ3) is 1.24. The summed E-state index contributed by atoms with van der Waals surface area (Å²) in [7, 11) is 0. The highest BCUT2D eigenvalue weighted by atomic mass is 19.2. The van der Waals surface area contributed by atoms with Crippen molar-refractivity contribution in [2.24, 2.45) is 5.92 Å². The van der Waals surface area contributed by atoms with Crippen LogP contribution in [0.5, 0.6) is 0 Å². The lowest BCUT2D eigenvalue weighted by atomic mass is 10.0. The van der Waals surface area contributed by atoms with E-state index < -0.39 is 11.7 Å². The molecule has 2 heteroatoms. The van der Waals surface area contributed by atoms with Gasteiger partial charge in [0.2, 0.25) is 0 Å². The van der Waals surface area contributed by atoms with Crippen molar-refractivity contribution in [2.45, 2.75) is 6.42 Å². The van der Waals surface area contributed by atoms with Crippen LogP contribution in [-0.2, 0) is 0 Å². The van der Waals surface area contributed by atoms with Gasteiger partial charge in [0, 0.05) is 5.92 Å². The molecule has 0 saturated heterocycles. The lowest BCUT2D eigenvalue weighted by Gasteiger charge is -2.06. The van der Waals surface area contributed by atoms with E-state index in [0.717, 1.165) is 6.08 Å². The van der Waals surface area contributed by atoms with E-state index in [2.05, 4.69) is 5.92 Å². The van der Waals surface area contributed by atoms with E-state index in [4.69, 9.17) is 6.42 Å². The fourth-order valence-corrected chi connectivity index (χ4v) is 0.768. The molecule has 0 amide bonds. The average molecular weight is 140 g/mol. The number of rotatable bonds is 0. The van der Waals surface area contributed by atoms with Crippen molar-refractivity contribution in [1.82, 2.24) is 0 Å². The number of terminal acetylenes is 1. The van der Waals surface area contributed by atoms with Crippen LogP contribution in [0, 0.1) is 18.3 Å². The molecule has 0 fully saturated rings. The van der Waals surface area contributed by atoms with E-state index in [1.165, 1.54) is 6.08 Å². The van der Waals surface area contributed by atoms with Crippen molar-refractivity contribution in [3.63, 3.8) is 0 Å². The molecule has 10 heavy (non-hydrogen) atoms. The van der Waals surface area contributed by atoms with Gasteiger partial charge in [-0.3, -0.25) is 0 Å². The van der Waals surface area contributed by atoms with Crippen LogP contribution in [0.15, 0.2) is 23.8 Å². The summed E-state index contributed by atoms with van der Waals surface area (Å²) in [6.45, 7) is 0. The van der Waals surface area contributed by atoms with Gasteiger partial charge in [-0.05, 0) is 18.6 Å². The van der Waals surface area contributed by atoms with Gasteiger partial charge in [0.1, 0.15) is 0 Å². The van der Waals surface area contributed by atoms with E-state index in [1.54, 1.807) is 0 Å². The van der Waals surface area contributed by atoms with E-state index in [-0.39, 0.29) is 5.92 Å². The molecule has 0 aromatic heterocycles. The Morgan fingerprint density at radius 3 is 2.70 bits per heavy atom. The van der Waals surface area contributed by atoms with Crippen molar-refractivity contribution in [3.8, 4) is 12.3 Å². The Morgan fingerprint density at radius 1 is 1.50 bits per heavy atom. The molecule has 0 aromatic carbocycles. The topological polar surface area (TPSA) is 0 Å². The number of hydrogen-bond donors (Lipinski definition) is 0. The van der Waals surface area contributed by atoms with Crippen LogP contribution < -0.4 is 0 Å². The normalized spacial score (nSPS) is 24.7. The van der Waals surface area contributed by atoms with Crippen molar-refractivity contribution in [1.29, 1.82) is 0 Å². The standard InChI is InChI=1S/C8H6F2/c1-2-6-3-4-7(9)8(10)5-6/h1,4-6H,3H2. The molecule has 0 spiro atoms. The minimum Gasteiger partial charge on any atom is -0.204 e.